The number of hydrogen-bond acceptors (Lipinski definition) is 15. The number of H-pyrrole nitrogens is 1. The molecule has 344 valence electrons. The van der Waals surface area contributed by atoms with Gasteiger partial charge in [0.15, 0.2) is 28.6 Å². The van der Waals surface area contributed by atoms with E-state index in [9.17, 15) is 40.2 Å². The molecule has 3 aliphatic rings. The van der Waals surface area contributed by atoms with E-state index in [1.54, 1.807) is 42.5 Å². The summed E-state index contributed by atoms with van der Waals surface area (Å²) >= 11 is 0. The summed E-state index contributed by atoms with van der Waals surface area (Å²) in [6.45, 7) is 2.66. The highest BCUT2D eigenvalue weighted by Gasteiger charge is 2.71. The average molecular weight is 903 g/mol. The molecule has 2 saturated heterocycles. The Morgan fingerprint density at radius 3 is 2.41 bits per heavy atom. The highest BCUT2D eigenvalue weighted by atomic mass is 16.7. The van der Waals surface area contributed by atoms with Crippen LogP contribution in [0.2, 0.25) is 0 Å². The number of aliphatic carboxylic acids is 1. The summed E-state index contributed by atoms with van der Waals surface area (Å²) < 4.78 is 30.7. The van der Waals surface area contributed by atoms with Gasteiger partial charge in [-0.2, -0.15) is 0 Å². The van der Waals surface area contributed by atoms with Crippen LogP contribution in [0, 0.1) is 5.92 Å². The molecule has 0 spiro atoms. The van der Waals surface area contributed by atoms with Crippen LogP contribution in [-0.4, -0.2) is 97.2 Å². The van der Waals surface area contributed by atoms with Gasteiger partial charge in [0.25, 0.3) is 0 Å². The molecule has 66 heavy (non-hydrogen) atoms. The van der Waals surface area contributed by atoms with Crippen molar-refractivity contribution in [1.82, 2.24) is 15.6 Å². The number of hydrogen-bond donors (Lipinski definition) is 10. The maximum atomic E-state index is 13.9. The number of anilines is 1. The number of aromatic nitrogens is 1. The molecule has 17 heteroatoms. The smallest absolute Gasteiger partial charge is 0.336 e. The first-order valence-electron chi connectivity index (χ1n) is 21.6. The number of phenolic OH excluding ortho intramolecular Hbond substituents is 2. The van der Waals surface area contributed by atoms with Gasteiger partial charge in [0.1, 0.15) is 52.4 Å². The number of rotatable bonds is 15. The number of nitrogens with two attached hydrogens (primary N) is 1. The normalized spacial score (nSPS) is 24.8. The van der Waals surface area contributed by atoms with Crippen LogP contribution < -0.4 is 36.0 Å². The van der Waals surface area contributed by atoms with Gasteiger partial charge in [-0.05, 0) is 84.1 Å². The van der Waals surface area contributed by atoms with Gasteiger partial charge >= 0.3 is 5.97 Å². The van der Waals surface area contributed by atoms with E-state index < -0.39 is 64.6 Å². The van der Waals surface area contributed by atoms with Crippen LogP contribution >= 0.6 is 0 Å². The number of aliphatic hydroxyl groups is 3. The highest BCUT2D eigenvalue weighted by Crippen LogP contribution is 2.52. The molecule has 2 aromatic heterocycles. The van der Waals surface area contributed by atoms with Crippen LogP contribution in [0.5, 0.6) is 28.7 Å². The number of nitrogen functional groups attached to an aromatic ring is 1. The van der Waals surface area contributed by atoms with E-state index in [0.29, 0.717) is 60.9 Å². The average Bonchev–Trinajstić information content (AvgIpc) is 3.98. The standard InChI is InChI=1S/C49H50N4O13/c1-2-26-16-28(19-32(54)18-26)24-63-43-38(21-37-40(42(43)56)35(55)20-36(64-37)29-8-11-33(12-9-29)62-15-14-31-10-13-39(50)53-31)65-47-48(60)22-30(17-27-6-4-3-5-7-27)41(34-23-51-25-52-34)49(61,46(48)59)44(66-47)45(57)58/h3-13,16,18-22,34,41,44,46-47,51-54,56,59-61H,2,14-15,17,23-25,50H2,1H3,(H,57,58). The maximum Gasteiger partial charge on any atom is 0.336 e. The van der Waals surface area contributed by atoms with Crippen molar-refractivity contribution in [3.05, 3.63) is 141 Å². The van der Waals surface area contributed by atoms with Crippen molar-refractivity contribution in [2.75, 3.05) is 25.6 Å². The Morgan fingerprint density at radius 1 is 0.939 bits per heavy atom. The summed E-state index contributed by atoms with van der Waals surface area (Å²) in [5, 5.41) is 76.5. The third kappa shape index (κ3) is 8.32. The van der Waals surface area contributed by atoms with Gasteiger partial charge < -0.3 is 70.0 Å². The second-order valence-electron chi connectivity index (χ2n) is 16.9. The lowest BCUT2D eigenvalue weighted by Gasteiger charge is -2.58. The molecule has 4 aromatic carbocycles. The first-order chi connectivity index (χ1) is 31.7. The molecule has 7 unspecified atom stereocenters. The van der Waals surface area contributed by atoms with Crippen LogP contribution in [0.1, 0.15) is 29.3 Å². The van der Waals surface area contributed by atoms with Crippen molar-refractivity contribution in [3.8, 4) is 40.1 Å². The number of fused-ring (bicyclic) bond motifs is 3. The molecule has 7 atom stereocenters. The van der Waals surface area contributed by atoms with Crippen LogP contribution in [0.25, 0.3) is 22.3 Å². The van der Waals surface area contributed by atoms with Crippen molar-refractivity contribution >= 4 is 22.8 Å². The number of phenols is 2. The van der Waals surface area contributed by atoms with Gasteiger partial charge in [0, 0.05) is 55.0 Å². The van der Waals surface area contributed by atoms with E-state index in [2.05, 4.69) is 15.6 Å². The number of nitrogens with one attached hydrogen (secondary N) is 3. The van der Waals surface area contributed by atoms with Gasteiger partial charge in [-0.3, -0.25) is 10.1 Å². The second-order valence-corrected chi connectivity index (χ2v) is 16.9. The number of aromatic hydroxyl groups is 2. The molecule has 2 bridgehead atoms. The third-order valence-electron chi connectivity index (χ3n) is 12.5. The summed E-state index contributed by atoms with van der Waals surface area (Å²) in [6, 6.07) is 26.3. The van der Waals surface area contributed by atoms with Crippen LogP contribution in [0.3, 0.4) is 0 Å². The van der Waals surface area contributed by atoms with Crippen LogP contribution in [-0.2, 0) is 35.4 Å². The van der Waals surface area contributed by atoms with Crippen molar-refractivity contribution in [2.45, 2.75) is 68.5 Å². The van der Waals surface area contributed by atoms with E-state index in [1.807, 2.05) is 43.3 Å². The number of aryl methyl sites for hydroxylation is 1. The molecule has 0 radical (unpaired) electrons. The molecule has 6 aromatic rings. The Hall–Kier alpha value is -6.86. The van der Waals surface area contributed by atoms with E-state index >= 15 is 0 Å². The summed E-state index contributed by atoms with van der Waals surface area (Å²) in [5.41, 5.74) is 3.58. The van der Waals surface area contributed by atoms with Crippen molar-refractivity contribution in [3.63, 3.8) is 0 Å². The molecular formula is C49H50N4O13. The van der Waals surface area contributed by atoms with Crippen LogP contribution in [0.4, 0.5) is 5.82 Å². The summed E-state index contributed by atoms with van der Waals surface area (Å²) in [6.07, 6.45) is -3.75. The SMILES string of the molecule is CCc1cc(O)cc(COc2c(OC3OC(C(=O)O)C4(O)C(C5CNCN5)C(Cc5ccccc5)=CC3(O)C4O)cc3oc(-c4ccc(OCCc5ccc(N)[nH]5)cc4)cc(=O)c3c2O)c1. The molecule has 2 aliphatic heterocycles. The molecule has 1 aliphatic carbocycles. The number of benzene rings is 4. The van der Waals surface area contributed by atoms with Crippen molar-refractivity contribution < 1.29 is 58.8 Å². The molecule has 0 amide bonds. The zero-order chi connectivity index (χ0) is 46.3. The molecule has 9 rings (SSSR count). The third-order valence-corrected chi connectivity index (χ3v) is 12.5. The molecule has 11 N–H and O–H groups in total. The zero-order valence-corrected chi connectivity index (χ0v) is 35.8. The summed E-state index contributed by atoms with van der Waals surface area (Å²) in [7, 11) is 0. The van der Waals surface area contributed by atoms with Gasteiger partial charge in [0.05, 0.1) is 6.61 Å². The Balaban J connectivity index is 1.12. The number of aliphatic hydroxyl groups excluding tert-OH is 1. The number of carbonyl (C=O) groups is 1. The quantitative estimate of drug-likeness (QED) is 0.0656. The maximum absolute atomic E-state index is 13.9. The van der Waals surface area contributed by atoms with Gasteiger partial charge in [-0.1, -0.05) is 48.9 Å². The Labute approximate surface area is 377 Å². The topological polar surface area (TPSA) is 271 Å². The predicted octanol–water partition coefficient (Wildman–Crippen LogP) is 3.87. The minimum absolute atomic E-state index is 0.0292. The number of aromatic amines is 1. The highest BCUT2D eigenvalue weighted by molar-refractivity contribution is 5.89. The van der Waals surface area contributed by atoms with E-state index in [4.69, 9.17) is 29.1 Å². The lowest BCUT2D eigenvalue weighted by atomic mass is 9.59. The molecule has 17 nitrogen and oxygen atoms in total. The summed E-state index contributed by atoms with van der Waals surface area (Å²) in [4.78, 5) is 30.1. The first-order valence-corrected chi connectivity index (χ1v) is 21.6. The Kier molecular flexibility index (Phi) is 12.0. The van der Waals surface area contributed by atoms with Crippen molar-refractivity contribution in [2.24, 2.45) is 5.92 Å². The zero-order valence-electron chi connectivity index (χ0n) is 35.8. The van der Waals surface area contributed by atoms with Gasteiger partial charge in [-0.25, -0.2) is 4.79 Å². The number of ether oxygens (including phenoxy) is 4. The fraction of sp³-hybridized carbons (Fsp3) is 0.306. The lowest BCUT2D eigenvalue weighted by molar-refractivity contribution is -0.344. The monoisotopic (exact) mass is 902 g/mol. The molecule has 2 fully saturated rings. The predicted molar refractivity (Wildman–Crippen MR) is 240 cm³/mol. The van der Waals surface area contributed by atoms with E-state index in [-0.39, 0.29) is 41.3 Å². The van der Waals surface area contributed by atoms with Crippen LogP contribution in [0.15, 0.2) is 118 Å². The molecular weight excluding hydrogens is 853 g/mol. The number of carboxylic acid groups (broad SMARTS) is 1. The second kappa shape index (κ2) is 17.8. The fourth-order valence-corrected chi connectivity index (χ4v) is 9.37. The Morgan fingerprint density at radius 2 is 1.71 bits per heavy atom. The number of carboxylic acids is 1. The fourth-order valence-electron chi connectivity index (χ4n) is 9.37. The molecule has 0 saturated carbocycles. The van der Waals surface area contributed by atoms with E-state index in [0.717, 1.165) is 16.8 Å². The lowest BCUT2D eigenvalue weighted by Crippen LogP contribution is -2.79. The Bertz CT molecular complexity index is 2840. The first kappa shape index (κ1) is 44.3. The minimum Gasteiger partial charge on any atom is -0.508 e. The molecule has 4 heterocycles. The van der Waals surface area contributed by atoms with E-state index in [1.165, 1.54) is 24.3 Å². The van der Waals surface area contributed by atoms with Gasteiger partial charge in [0.2, 0.25) is 12.0 Å². The van der Waals surface area contributed by atoms with Crippen molar-refractivity contribution in [1.29, 1.82) is 0 Å². The minimum atomic E-state index is -2.61. The summed E-state index contributed by atoms with van der Waals surface area (Å²) in [5.74, 6) is -3.05. The largest absolute Gasteiger partial charge is 0.508 e. The van der Waals surface area contributed by atoms with Gasteiger partial charge in [-0.15, -0.1) is 0 Å².